The largest absolute Gasteiger partial charge is 0.497 e. The van der Waals surface area contributed by atoms with Crippen LogP contribution in [0.15, 0.2) is 54.6 Å². The van der Waals surface area contributed by atoms with E-state index in [1.165, 1.54) is 62.9 Å². The van der Waals surface area contributed by atoms with E-state index in [-0.39, 0.29) is 12.4 Å². The van der Waals surface area contributed by atoms with E-state index in [1.54, 1.807) is 7.11 Å². The Bertz CT molecular complexity index is 608. The minimum atomic E-state index is 0. The highest BCUT2D eigenvalue weighted by Crippen LogP contribution is 2.23. The number of benzene rings is 2. The molecule has 0 spiro atoms. The van der Waals surface area contributed by atoms with Gasteiger partial charge in [0.25, 0.3) is 0 Å². The molecule has 0 N–H and O–H groups in total. The van der Waals surface area contributed by atoms with Crippen molar-refractivity contribution in [2.45, 2.75) is 32.1 Å². The quantitative estimate of drug-likeness (QED) is 0.689. The second-order valence-electron chi connectivity index (χ2n) is 6.91. The maximum Gasteiger partial charge on any atom is 0.119 e. The summed E-state index contributed by atoms with van der Waals surface area (Å²) in [5.74, 6) is 1.85. The summed E-state index contributed by atoms with van der Waals surface area (Å²) in [5.41, 5.74) is 2.86. The number of ether oxygens (including phenoxy) is 1. The number of hydrogen-bond acceptors (Lipinski definition) is 2. The minimum absolute atomic E-state index is 0. The maximum atomic E-state index is 5.32. The molecule has 0 amide bonds. The third-order valence-electron chi connectivity index (χ3n) is 5.24. The predicted octanol–water partition coefficient (Wildman–Crippen LogP) is 5.00. The Morgan fingerprint density at radius 1 is 0.920 bits per heavy atom. The fourth-order valence-electron chi connectivity index (χ4n) is 3.63. The van der Waals surface area contributed by atoms with Gasteiger partial charge >= 0.3 is 0 Å². The minimum Gasteiger partial charge on any atom is -0.497 e. The van der Waals surface area contributed by atoms with Crippen molar-refractivity contribution in [3.8, 4) is 5.75 Å². The van der Waals surface area contributed by atoms with E-state index >= 15 is 0 Å². The van der Waals surface area contributed by atoms with Crippen molar-refractivity contribution in [1.82, 2.24) is 4.90 Å². The number of piperidine rings is 1. The second kappa shape index (κ2) is 10.5. The first-order valence-electron chi connectivity index (χ1n) is 9.22. The lowest BCUT2D eigenvalue weighted by Gasteiger charge is -2.32. The third kappa shape index (κ3) is 6.37. The lowest BCUT2D eigenvalue weighted by atomic mass is 9.90. The highest BCUT2D eigenvalue weighted by Gasteiger charge is 2.18. The van der Waals surface area contributed by atoms with Gasteiger partial charge in [-0.05, 0) is 74.4 Å². The molecule has 2 aromatic rings. The molecule has 1 fully saturated rings. The molecule has 0 unspecified atom stereocenters. The summed E-state index contributed by atoms with van der Waals surface area (Å²) < 4.78 is 5.32. The standard InChI is InChI=1S/C22H29NO.ClH/c1-24-22-9-5-8-21(18-22)11-10-20-13-16-23(17-14-20)15-12-19-6-3-2-4-7-19;/h2-9,18,20H,10-17H2,1H3;1H. The van der Waals surface area contributed by atoms with Gasteiger partial charge in [0.1, 0.15) is 5.75 Å². The molecule has 2 aromatic carbocycles. The number of aryl methyl sites for hydroxylation is 1. The molecular formula is C22H30ClNO. The number of rotatable bonds is 7. The van der Waals surface area contributed by atoms with Crippen LogP contribution in [-0.4, -0.2) is 31.6 Å². The fourth-order valence-corrected chi connectivity index (χ4v) is 3.63. The topological polar surface area (TPSA) is 12.5 Å². The zero-order valence-electron chi connectivity index (χ0n) is 15.2. The first kappa shape index (κ1) is 19.8. The lowest BCUT2D eigenvalue weighted by molar-refractivity contribution is 0.181. The molecule has 0 radical (unpaired) electrons. The fraction of sp³-hybridized carbons (Fsp3) is 0.455. The Morgan fingerprint density at radius 2 is 1.64 bits per heavy atom. The van der Waals surface area contributed by atoms with Crippen LogP contribution in [-0.2, 0) is 12.8 Å². The van der Waals surface area contributed by atoms with E-state index < -0.39 is 0 Å². The van der Waals surface area contributed by atoms with Gasteiger partial charge in [-0.2, -0.15) is 0 Å². The van der Waals surface area contributed by atoms with Gasteiger partial charge in [0, 0.05) is 6.54 Å². The Balaban J connectivity index is 0.00000225. The molecule has 3 rings (SSSR count). The molecule has 0 aromatic heterocycles. The third-order valence-corrected chi connectivity index (χ3v) is 5.24. The average molecular weight is 360 g/mol. The second-order valence-corrected chi connectivity index (χ2v) is 6.91. The lowest BCUT2D eigenvalue weighted by Crippen LogP contribution is -2.35. The van der Waals surface area contributed by atoms with Crippen LogP contribution in [0.25, 0.3) is 0 Å². The number of halogens is 1. The summed E-state index contributed by atoms with van der Waals surface area (Å²) >= 11 is 0. The van der Waals surface area contributed by atoms with E-state index in [9.17, 15) is 0 Å². The first-order chi connectivity index (χ1) is 11.8. The number of nitrogens with zero attached hydrogens (tertiary/aromatic N) is 1. The average Bonchev–Trinajstić information content (AvgIpc) is 2.66. The van der Waals surface area contributed by atoms with Crippen LogP contribution < -0.4 is 4.74 Å². The van der Waals surface area contributed by atoms with Gasteiger partial charge in [0.15, 0.2) is 0 Å². The smallest absolute Gasteiger partial charge is 0.119 e. The summed E-state index contributed by atoms with van der Waals surface area (Å²) in [5, 5.41) is 0. The molecule has 0 saturated carbocycles. The Kier molecular flexibility index (Phi) is 8.30. The number of hydrogen-bond donors (Lipinski definition) is 0. The summed E-state index contributed by atoms with van der Waals surface area (Å²) in [6.07, 6.45) is 6.35. The molecule has 2 nitrogen and oxygen atoms in total. The highest BCUT2D eigenvalue weighted by molar-refractivity contribution is 5.85. The monoisotopic (exact) mass is 359 g/mol. The maximum absolute atomic E-state index is 5.32. The number of methoxy groups -OCH3 is 1. The summed E-state index contributed by atoms with van der Waals surface area (Å²) in [6, 6.07) is 19.4. The zero-order chi connectivity index (χ0) is 16.6. The van der Waals surface area contributed by atoms with E-state index in [2.05, 4.69) is 53.4 Å². The normalized spacial score (nSPS) is 15.6. The van der Waals surface area contributed by atoms with Crippen molar-refractivity contribution in [3.05, 3.63) is 65.7 Å². The van der Waals surface area contributed by atoms with Gasteiger partial charge in [-0.25, -0.2) is 0 Å². The van der Waals surface area contributed by atoms with Crippen LogP contribution in [0.3, 0.4) is 0 Å². The molecule has 0 aliphatic carbocycles. The van der Waals surface area contributed by atoms with E-state index in [4.69, 9.17) is 4.74 Å². The van der Waals surface area contributed by atoms with Crippen molar-refractivity contribution in [1.29, 1.82) is 0 Å². The molecule has 136 valence electrons. The van der Waals surface area contributed by atoms with Crippen LogP contribution in [0.2, 0.25) is 0 Å². The van der Waals surface area contributed by atoms with Gasteiger partial charge < -0.3 is 9.64 Å². The van der Waals surface area contributed by atoms with E-state index in [0.717, 1.165) is 11.7 Å². The molecule has 1 aliphatic rings. The van der Waals surface area contributed by atoms with Crippen molar-refractivity contribution in [2.24, 2.45) is 5.92 Å². The van der Waals surface area contributed by atoms with Crippen LogP contribution in [0.1, 0.15) is 30.4 Å². The summed E-state index contributed by atoms with van der Waals surface area (Å²) in [7, 11) is 1.74. The molecule has 25 heavy (non-hydrogen) atoms. The Labute approximate surface area is 158 Å². The SMILES string of the molecule is COc1cccc(CCC2CCN(CCc3ccccc3)CC2)c1.Cl. The molecule has 1 heterocycles. The van der Waals surface area contributed by atoms with Gasteiger partial charge in [-0.1, -0.05) is 42.5 Å². The van der Waals surface area contributed by atoms with Gasteiger partial charge in [-0.3, -0.25) is 0 Å². The first-order valence-corrected chi connectivity index (χ1v) is 9.22. The predicted molar refractivity (Wildman–Crippen MR) is 108 cm³/mol. The van der Waals surface area contributed by atoms with Gasteiger partial charge in [0.05, 0.1) is 7.11 Å². The molecular weight excluding hydrogens is 330 g/mol. The molecule has 0 atom stereocenters. The molecule has 1 saturated heterocycles. The van der Waals surface area contributed by atoms with Crippen molar-refractivity contribution in [3.63, 3.8) is 0 Å². The van der Waals surface area contributed by atoms with Crippen LogP contribution in [0.5, 0.6) is 5.75 Å². The summed E-state index contributed by atoms with van der Waals surface area (Å²) in [6.45, 7) is 3.72. The number of likely N-dealkylation sites (tertiary alicyclic amines) is 1. The zero-order valence-corrected chi connectivity index (χ0v) is 16.0. The van der Waals surface area contributed by atoms with E-state index in [0.29, 0.717) is 0 Å². The van der Waals surface area contributed by atoms with E-state index in [1.807, 2.05) is 6.07 Å². The molecule has 0 bridgehead atoms. The summed E-state index contributed by atoms with van der Waals surface area (Å²) in [4.78, 5) is 2.63. The van der Waals surface area contributed by atoms with Crippen molar-refractivity contribution >= 4 is 12.4 Å². The van der Waals surface area contributed by atoms with Crippen molar-refractivity contribution in [2.75, 3.05) is 26.7 Å². The molecule has 1 aliphatic heterocycles. The van der Waals surface area contributed by atoms with Crippen LogP contribution in [0, 0.1) is 5.92 Å². The Hall–Kier alpha value is -1.51. The van der Waals surface area contributed by atoms with Gasteiger partial charge in [0.2, 0.25) is 0 Å². The van der Waals surface area contributed by atoms with Crippen LogP contribution >= 0.6 is 12.4 Å². The Morgan fingerprint density at radius 3 is 2.36 bits per heavy atom. The van der Waals surface area contributed by atoms with Crippen LogP contribution in [0.4, 0.5) is 0 Å². The van der Waals surface area contributed by atoms with Crippen molar-refractivity contribution < 1.29 is 4.74 Å². The molecule has 3 heteroatoms. The highest BCUT2D eigenvalue weighted by atomic mass is 35.5. The van der Waals surface area contributed by atoms with Gasteiger partial charge in [-0.15, -0.1) is 12.4 Å².